The zero-order valence-corrected chi connectivity index (χ0v) is 16.6. The van der Waals surface area contributed by atoms with Crippen LogP contribution < -0.4 is 5.32 Å². The summed E-state index contributed by atoms with van der Waals surface area (Å²) in [4.78, 5) is 13.0. The van der Waals surface area contributed by atoms with Gasteiger partial charge in [0.25, 0.3) is 0 Å². The second-order valence-corrected chi connectivity index (χ2v) is 8.70. The lowest BCUT2D eigenvalue weighted by atomic mass is 10.3. The number of carbonyl (C=O) groups excluding carboxylic acids is 1. The predicted octanol–water partition coefficient (Wildman–Crippen LogP) is 2.70. The first kappa shape index (κ1) is 21.6. The van der Waals surface area contributed by atoms with E-state index in [0.29, 0.717) is 22.8 Å². The molecule has 6 nitrogen and oxygen atoms in total. The lowest BCUT2D eigenvalue weighted by molar-refractivity contribution is -0.117. The van der Waals surface area contributed by atoms with Gasteiger partial charge in [0.2, 0.25) is 15.9 Å². The lowest BCUT2D eigenvalue weighted by Crippen LogP contribution is -2.50. The van der Waals surface area contributed by atoms with Crippen molar-refractivity contribution in [3.63, 3.8) is 0 Å². The van der Waals surface area contributed by atoms with Crippen LogP contribution in [0.25, 0.3) is 0 Å². The third-order valence-corrected chi connectivity index (χ3v) is 6.71. The minimum Gasteiger partial charge on any atom is -0.324 e. The van der Waals surface area contributed by atoms with Crippen LogP contribution in [0, 0.1) is 17.5 Å². The Hall–Kier alpha value is -2.14. The van der Waals surface area contributed by atoms with Gasteiger partial charge in [0.15, 0.2) is 17.5 Å². The number of piperazine rings is 1. The minimum atomic E-state index is -4.33. The van der Waals surface area contributed by atoms with Gasteiger partial charge in [0.05, 0.1) is 17.3 Å². The highest BCUT2D eigenvalue weighted by Gasteiger charge is 2.32. The van der Waals surface area contributed by atoms with Gasteiger partial charge >= 0.3 is 0 Å². The van der Waals surface area contributed by atoms with E-state index in [1.807, 2.05) is 0 Å². The first-order valence-corrected chi connectivity index (χ1v) is 10.4. The number of hydrogen-bond acceptors (Lipinski definition) is 4. The van der Waals surface area contributed by atoms with Gasteiger partial charge in [-0.2, -0.15) is 4.31 Å². The number of sulfonamides is 1. The van der Waals surface area contributed by atoms with Crippen LogP contribution in [0.4, 0.5) is 18.9 Å². The number of para-hydroxylation sites is 1. The molecule has 0 aromatic heterocycles. The van der Waals surface area contributed by atoms with E-state index >= 15 is 0 Å². The number of rotatable bonds is 5. The molecule has 0 spiro atoms. The number of nitrogens with zero attached hydrogens (tertiary/aromatic N) is 2. The molecular weight excluding hydrogens is 431 g/mol. The molecule has 1 amide bonds. The molecule has 1 heterocycles. The van der Waals surface area contributed by atoms with Crippen LogP contribution in [0.3, 0.4) is 0 Å². The number of hydrogen-bond donors (Lipinski definition) is 1. The van der Waals surface area contributed by atoms with Crippen molar-refractivity contribution in [3.8, 4) is 0 Å². The molecule has 1 N–H and O–H groups in total. The first-order chi connectivity index (χ1) is 13.7. The molecular formula is C18H17ClF3N3O3S. The van der Waals surface area contributed by atoms with Crippen molar-refractivity contribution in [1.29, 1.82) is 0 Å². The topological polar surface area (TPSA) is 69.7 Å². The molecule has 0 unspecified atom stereocenters. The van der Waals surface area contributed by atoms with Crippen molar-refractivity contribution in [1.82, 2.24) is 9.21 Å². The molecule has 2 aromatic rings. The maximum absolute atomic E-state index is 13.9. The molecule has 3 rings (SSSR count). The molecule has 0 radical (unpaired) electrons. The molecule has 2 aromatic carbocycles. The Morgan fingerprint density at radius 1 is 1.00 bits per heavy atom. The van der Waals surface area contributed by atoms with Crippen LogP contribution in [-0.2, 0) is 14.8 Å². The van der Waals surface area contributed by atoms with Gasteiger partial charge in [-0.3, -0.25) is 9.69 Å². The van der Waals surface area contributed by atoms with E-state index in [9.17, 15) is 26.4 Å². The average Bonchev–Trinajstić information content (AvgIpc) is 2.68. The second-order valence-electron chi connectivity index (χ2n) is 6.38. The van der Waals surface area contributed by atoms with Crippen molar-refractivity contribution in [2.75, 3.05) is 38.0 Å². The molecule has 156 valence electrons. The van der Waals surface area contributed by atoms with Gasteiger partial charge in [0.1, 0.15) is 4.90 Å². The van der Waals surface area contributed by atoms with Gasteiger partial charge in [-0.1, -0.05) is 23.7 Å². The van der Waals surface area contributed by atoms with E-state index in [4.69, 9.17) is 11.6 Å². The number of halogens is 4. The standard InChI is InChI=1S/C18H17ClF3N3O3S/c19-12-3-1-2-4-14(12)23-16(26)11-24-7-9-25(10-8-24)29(27,28)15-6-5-13(20)17(21)18(15)22/h1-6H,7-11H2,(H,23,26). The SMILES string of the molecule is O=C(CN1CCN(S(=O)(=O)c2ccc(F)c(F)c2F)CC1)Nc1ccccc1Cl. The lowest BCUT2D eigenvalue weighted by Gasteiger charge is -2.33. The largest absolute Gasteiger partial charge is 0.324 e. The summed E-state index contributed by atoms with van der Waals surface area (Å²) in [6, 6.07) is 8.02. The van der Waals surface area contributed by atoms with Crippen LogP contribution >= 0.6 is 11.6 Å². The van der Waals surface area contributed by atoms with Crippen LogP contribution in [0.1, 0.15) is 0 Å². The smallest absolute Gasteiger partial charge is 0.246 e. The highest BCUT2D eigenvalue weighted by molar-refractivity contribution is 7.89. The van der Waals surface area contributed by atoms with Gasteiger partial charge in [-0.15, -0.1) is 0 Å². The predicted molar refractivity (Wildman–Crippen MR) is 102 cm³/mol. The third kappa shape index (κ3) is 4.72. The van der Waals surface area contributed by atoms with Crippen LogP contribution in [0.5, 0.6) is 0 Å². The van der Waals surface area contributed by atoms with Crippen LogP contribution in [0.2, 0.25) is 5.02 Å². The molecule has 0 atom stereocenters. The van der Waals surface area contributed by atoms with Gasteiger partial charge in [-0.05, 0) is 24.3 Å². The second kappa shape index (κ2) is 8.70. The summed E-state index contributed by atoms with van der Waals surface area (Å²) in [6.45, 7) is 0.375. The molecule has 0 saturated carbocycles. The normalized spacial score (nSPS) is 16.0. The Labute approximate surface area is 170 Å². The van der Waals surface area contributed by atoms with E-state index in [0.717, 1.165) is 4.31 Å². The summed E-state index contributed by atoms with van der Waals surface area (Å²) in [5, 5.41) is 3.07. The van der Waals surface area contributed by atoms with E-state index in [1.165, 1.54) is 0 Å². The molecule has 11 heteroatoms. The summed E-state index contributed by atoms with van der Waals surface area (Å²) >= 11 is 5.99. The van der Waals surface area contributed by atoms with Gasteiger partial charge in [-0.25, -0.2) is 21.6 Å². The van der Waals surface area contributed by atoms with Gasteiger partial charge in [0, 0.05) is 26.2 Å². The number of nitrogens with one attached hydrogen (secondary N) is 1. The third-order valence-electron chi connectivity index (χ3n) is 4.46. The maximum atomic E-state index is 13.9. The fourth-order valence-corrected chi connectivity index (χ4v) is 4.59. The number of anilines is 1. The van der Waals surface area contributed by atoms with Crippen molar-refractivity contribution >= 4 is 33.2 Å². The van der Waals surface area contributed by atoms with Crippen molar-refractivity contribution in [3.05, 3.63) is 58.9 Å². The zero-order valence-electron chi connectivity index (χ0n) is 15.0. The summed E-state index contributed by atoms with van der Waals surface area (Å²) in [7, 11) is -4.33. The highest BCUT2D eigenvalue weighted by Crippen LogP contribution is 2.24. The summed E-state index contributed by atoms with van der Waals surface area (Å²) in [5.41, 5.74) is 0.467. The minimum absolute atomic E-state index is 0.0125. The Morgan fingerprint density at radius 3 is 2.31 bits per heavy atom. The first-order valence-electron chi connectivity index (χ1n) is 8.60. The van der Waals surface area contributed by atoms with E-state index in [2.05, 4.69) is 5.32 Å². The molecule has 0 bridgehead atoms. The van der Waals surface area contributed by atoms with E-state index in [-0.39, 0.29) is 38.6 Å². The fraction of sp³-hybridized carbons (Fsp3) is 0.278. The molecule has 1 fully saturated rings. The number of benzene rings is 2. The zero-order chi connectivity index (χ0) is 21.2. The van der Waals surface area contributed by atoms with Crippen molar-refractivity contribution in [2.45, 2.75) is 4.90 Å². The van der Waals surface area contributed by atoms with Crippen molar-refractivity contribution in [2.24, 2.45) is 0 Å². The Morgan fingerprint density at radius 2 is 1.66 bits per heavy atom. The highest BCUT2D eigenvalue weighted by atomic mass is 35.5. The van der Waals surface area contributed by atoms with E-state index in [1.54, 1.807) is 29.2 Å². The maximum Gasteiger partial charge on any atom is 0.246 e. The van der Waals surface area contributed by atoms with Gasteiger partial charge < -0.3 is 5.32 Å². The number of amides is 1. The van der Waals surface area contributed by atoms with E-state index < -0.39 is 32.4 Å². The summed E-state index contributed by atoms with van der Waals surface area (Å²) in [5.74, 6) is -5.36. The molecule has 29 heavy (non-hydrogen) atoms. The summed E-state index contributed by atoms with van der Waals surface area (Å²) < 4.78 is 66.5. The molecule has 0 aliphatic carbocycles. The molecule has 1 saturated heterocycles. The molecule has 1 aliphatic rings. The van der Waals surface area contributed by atoms with Crippen LogP contribution in [-0.4, -0.2) is 56.3 Å². The van der Waals surface area contributed by atoms with Crippen LogP contribution in [0.15, 0.2) is 41.3 Å². The fourth-order valence-electron chi connectivity index (χ4n) is 2.93. The average molecular weight is 448 g/mol. The molecule has 1 aliphatic heterocycles. The summed E-state index contributed by atoms with van der Waals surface area (Å²) in [6.07, 6.45) is 0. The number of carbonyl (C=O) groups is 1. The quantitative estimate of drug-likeness (QED) is 0.715. The Bertz CT molecular complexity index is 1030. The Balaban J connectivity index is 1.61. The van der Waals surface area contributed by atoms with Crippen molar-refractivity contribution < 1.29 is 26.4 Å². The monoisotopic (exact) mass is 447 g/mol. The Kier molecular flexibility index (Phi) is 6.47.